The van der Waals surface area contributed by atoms with Crippen molar-refractivity contribution in [1.82, 2.24) is 15.6 Å². The highest BCUT2D eigenvalue weighted by atomic mass is 31.2. The fraction of sp³-hybridized carbons (Fsp3) is 0.542. The number of ether oxygens (including phenoxy) is 4. The Kier molecular flexibility index (Phi) is 14.4. The van der Waals surface area contributed by atoms with Crippen LogP contribution in [0.3, 0.4) is 0 Å². The van der Waals surface area contributed by atoms with E-state index in [1.165, 1.54) is 13.2 Å². The highest BCUT2D eigenvalue weighted by Crippen LogP contribution is 2.50. The zero-order valence-corrected chi connectivity index (χ0v) is 24.7. The van der Waals surface area contributed by atoms with Gasteiger partial charge in [0.15, 0.2) is 0 Å². The van der Waals surface area contributed by atoms with E-state index in [1.807, 2.05) is 0 Å². The van der Waals surface area contributed by atoms with Crippen molar-refractivity contribution in [3.8, 4) is 0 Å². The van der Waals surface area contributed by atoms with Gasteiger partial charge in [0.2, 0.25) is 5.78 Å². The third-order valence-electron chi connectivity index (χ3n) is 3.92. The Labute approximate surface area is 228 Å². The molecule has 0 spiro atoms. The van der Waals surface area contributed by atoms with Gasteiger partial charge >= 0.3 is 31.7 Å². The lowest BCUT2D eigenvalue weighted by molar-refractivity contribution is -0.141. The number of amides is 2. The van der Waals surface area contributed by atoms with Gasteiger partial charge in [-0.1, -0.05) is 6.07 Å². The van der Waals surface area contributed by atoms with Crippen LogP contribution < -0.4 is 10.6 Å². The van der Waals surface area contributed by atoms with Gasteiger partial charge in [-0.05, 0) is 59.8 Å². The van der Waals surface area contributed by atoms with Crippen molar-refractivity contribution < 1.29 is 51.7 Å². The van der Waals surface area contributed by atoms with Crippen molar-refractivity contribution in [1.29, 1.82) is 0 Å². The monoisotopic (exact) mass is 575 g/mol. The quantitative estimate of drug-likeness (QED) is 0.199. The van der Waals surface area contributed by atoms with Gasteiger partial charge in [-0.25, -0.2) is 19.2 Å². The van der Waals surface area contributed by atoms with Gasteiger partial charge < -0.3 is 28.0 Å². The van der Waals surface area contributed by atoms with E-state index in [1.54, 1.807) is 65.9 Å². The van der Waals surface area contributed by atoms with Gasteiger partial charge in [-0.3, -0.25) is 20.2 Å². The number of esters is 2. The molecular weight excluding hydrogens is 537 g/mol. The molecule has 0 aromatic carbocycles. The molecule has 2 N–H and O–H groups in total. The summed E-state index contributed by atoms with van der Waals surface area (Å²) in [7, 11) is 0.631. The maximum absolute atomic E-state index is 12.1. The molecule has 220 valence electrons. The molecule has 39 heavy (non-hydrogen) atoms. The lowest BCUT2D eigenvalue weighted by atomic mass is 10.2. The first-order valence-corrected chi connectivity index (χ1v) is 13.0. The average molecular weight is 576 g/mol. The number of nitrogens with one attached hydrogen (secondary N) is 2. The molecule has 15 heteroatoms. The average Bonchev–Trinajstić information content (AvgIpc) is 2.84. The van der Waals surface area contributed by atoms with E-state index in [0.717, 1.165) is 21.3 Å². The standard InChI is InChI=1S/C14H18N2O4.C10H20NO7P/c1-14(2,3)20-13(18)16-11(12(17)19-4)9-10-7-5-6-8-15-10;1-10(2,3)18-9(13)11-7(8(12)15-4)19(14,16-5)17-6/h5-9H,1-4H3,(H,16,18);7H,1-6H3,(H,11,13). The summed E-state index contributed by atoms with van der Waals surface area (Å²) in [5.74, 6) is -3.23. The van der Waals surface area contributed by atoms with Crippen molar-refractivity contribution in [2.45, 2.75) is 58.5 Å². The smallest absolute Gasteiger partial charge is 0.412 e. The molecule has 0 aliphatic heterocycles. The number of aromatic nitrogens is 1. The molecule has 1 rings (SSSR count). The molecule has 1 unspecified atom stereocenters. The van der Waals surface area contributed by atoms with Gasteiger partial charge in [0.1, 0.15) is 16.9 Å². The van der Waals surface area contributed by atoms with Crippen LogP contribution in [0.25, 0.3) is 6.08 Å². The van der Waals surface area contributed by atoms with Crippen molar-refractivity contribution in [3.63, 3.8) is 0 Å². The van der Waals surface area contributed by atoms with Crippen molar-refractivity contribution in [3.05, 3.63) is 35.8 Å². The molecule has 0 fully saturated rings. The first-order valence-electron chi connectivity index (χ1n) is 11.4. The highest BCUT2D eigenvalue weighted by molar-refractivity contribution is 7.55. The highest BCUT2D eigenvalue weighted by Gasteiger charge is 2.43. The second-order valence-electron chi connectivity index (χ2n) is 9.41. The number of carbonyl (C=O) groups is 4. The number of pyridine rings is 1. The topological polar surface area (TPSA) is 178 Å². The second kappa shape index (κ2) is 15.8. The summed E-state index contributed by atoms with van der Waals surface area (Å²) >= 11 is 0. The molecule has 0 aliphatic carbocycles. The molecule has 2 amide bonds. The van der Waals surface area contributed by atoms with E-state index < -0.39 is 48.7 Å². The first-order chi connectivity index (χ1) is 17.9. The Morgan fingerprint density at radius 3 is 1.82 bits per heavy atom. The van der Waals surface area contributed by atoms with Crippen LogP contribution in [0.1, 0.15) is 47.2 Å². The predicted octanol–water partition coefficient (Wildman–Crippen LogP) is 3.62. The summed E-state index contributed by atoms with van der Waals surface area (Å²) in [6.45, 7) is 10.1. The van der Waals surface area contributed by atoms with Crippen LogP contribution in [-0.4, -0.2) is 74.5 Å². The SMILES string of the molecule is COC(=O)C(=Cc1ccccn1)NC(=O)OC(C)(C)C.COC(=O)C(NC(=O)OC(C)(C)C)P(=O)(OC)OC. The van der Waals surface area contributed by atoms with Crippen LogP contribution in [0, 0.1) is 0 Å². The number of nitrogens with zero attached hydrogens (tertiary/aromatic N) is 1. The van der Waals surface area contributed by atoms with E-state index in [2.05, 4.69) is 34.1 Å². The van der Waals surface area contributed by atoms with Crippen LogP contribution >= 0.6 is 7.60 Å². The minimum absolute atomic E-state index is 0.0412. The fourth-order valence-corrected chi connectivity index (χ4v) is 3.56. The summed E-state index contributed by atoms with van der Waals surface area (Å²) < 4.78 is 40.6. The maximum atomic E-state index is 12.1. The zero-order chi connectivity index (χ0) is 30.4. The zero-order valence-electron chi connectivity index (χ0n) is 23.8. The summed E-state index contributed by atoms with van der Waals surface area (Å²) in [5.41, 5.74) is -0.949. The van der Waals surface area contributed by atoms with Gasteiger partial charge in [0.05, 0.1) is 19.9 Å². The molecular formula is C24H38N3O11P. The van der Waals surface area contributed by atoms with Crippen molar-refractivity contribution >= 4 is 37.8 Å². The van der Waals surface area contributed by atoms with E-state index in [-0.39, 0.29) is 5.70 Å². The van der Waals surface area contributed by atoms with Crippen molar-refractivity contribution in [2.24, 2.45) is 0 Å². The van der Waals surface area contributed by atoms with Crippen LogP contribution in [-0.2, 0) is 42.1 Å². The van der Waals surface area contributed by atoms with E-state index in [9.17, 15) is 23.7 Å². The number of carbonyl (C=O) groups excluding carboxylic acids is 4. The molecule has 1 heterocycles. The van der Waals surface area contributed by atoms with Crippen LogP contribution in [0.2, 0.25) is 0 Å². The minimum Gasteiger partial charge on any atom is -0.467 e. The van der Waals surface area contributed by atoms with Gasteiger partial charge in [0, 0.05) is 20.4 Å². The summed E-state index contributed by atoms with van der Waals surface area (Å²) in [6, 6.07) is 5.21. The number of methoxy groups -OCH3 is 2. The van der Waals surface area contributed by atoms with E-state index >= 15 is 0 Å². The van der Waals surface area contributed by atoms with E-state index in [4.69, 9.17) is 9.47 Å². The number of rotatable bonds is 8. The normalized spacial score (nSPS) is 12.6. The maximum Gasteiger partial charge on any atom is 0.412 e. The third-order valence-corrected chi connectivity index (χ3v) is 5.91. The molecule has 1 aromatic heterocycles. The van der Waals surface area contributed by atoms with Crippen LogP contribution in [0.15, 0.2) is 30.1 Å². The molecule has 0 saturated heterocycles. The Bertz CT molecular complexity index is 1040. The molecule has 1 aromatic rings. The van der Waals surface area contributed by atoms with Crippen molar-refractivity contribution in [2.75, 3.05) is 28.4 Å². The number of hydrogen-bond donors (Lipinski definition) is 2. The largest absolute Gasteiger partial charge is 0.467 e. The molecule has 0 aliphatic rings. The lowest BCUT2D eigenvalue weighted by Gasteiger charge is -2.25. The van der Waals surface area contributed by atoms with Gasteiger partial charge in [-0.15, -0.1) is 0 Å². The molecule has 0 bridgehead atoms. The second-order valence-corrected chi connectivity index (χ2v) is 11.7. The summed E-state index contributed by atoms with van der Waals surface area (Å²) in [4.78, 5) is 50.5. The molecule has 14 nitrogen and oxygen atoms in total. The van der Waals surface area contributed by atoms with Gasteiger partial charge in [-0.2, -0.15) is 0 Å². The molecule has 0 radical (unpaired) electrons. The van der Waals surface area contributed by atoms with Crippen LogP contribution in [0.4, 0.5) is 9.59 Å². The van der Waals surface area contributed by atoms with Gasteiger partial charge in [0.25, 0.3) is 0 Å². The third kappa shape index (κ3) is 14.3. The Morgan fingerprint density at radius 2 is 1.41 bits per heavy atom. The Morgan fingerprint density at radius 1 is 0.872 bits per heavy atom. The predicted molar refractivity (Wildman–Crippen MR) is 140 cm³/mol. The minimum atomic E-state index is -3.87. The first kappa shape index (κ1) is 35.5. The molecule has 0 saturated carbocycles. The lowest BCUT2D eigenvalue weighted by Crippen LogP contribution is -2.44. The van der Waals surface area contributed by atoms with Crippen LogP contribution in [0.5, 0.6) is 0 Å². The summed E-state index contributed by atoms with van der Waals surface area (Å²) in [6.07, 6.45) is 1.33. The molecule has 1 atom stereocenters. The van der Waals surface area contributed by atoms with E-state index in [0.29, 0.717) is 5.69 Å². The Balaban J connectivity index is 0.000000742. The number of hydrogen-bond acceptors (Lipinski definition) is 12. The Hall–Kier alpha value is -3.48. The number of alkyl carbamates (subject to hydrolysis) is 2. The fourth-order valence-electron chi connectivity index (χ4n) is 2.36. The summed E-state index contributed by atoms with van der Waals surface area (Å²) in [5, 5.41) is 4.48.